The van der Waals surface area contributed by atoms with E-state index in [1.54, 1.807) is 0 Å². The lowest BCUT2D eigenvalue weighted by atomic mass is 10.2. The first kappa shape index (κ1) is 13.3. The Kier molecular flexibility index (Phi) is 4.57. The third-order valence-corrected chi connectivity index (χ3v) is 3.14. The average Bonchev–Trinajstić information content (AvgIpc) is 2.40. The van der Waals surface area contributed by atoms with Crippen LogP contribution in [0.4, 0.5) is 11.5 Å². The zero-order valence-corrected chi connectivity index (χ0v) is 11.2. The van der Waals surface area contributed by atoms with Gasteiger partial charge < -0.3 is 15.8 Å². The number of nitrogens with zero attached hydrogens (tertiary/aromatic N) is 3. The summed E-state index contributed by atoms with van der Waals surface area (Å²) in [7, 11) is 0. The van der Waals surface area contributed by atoms with Crippen LogP contribution in [-0.2, 0) is 4.74 Å². The van der Waals surface area contributed by atoms with Crippen LogP contribution in [0.3, 0.4) is 0 Å². The second kappa shape index (κ2) is 6.17. The highest BCUT2D eigenvalue weighted by Gasteiger charge is 2.19. The van der Waals surface area contributed by atoms with Crippen molar-refractivity contribution in [2.24, 2.45) is 0 Å². The third-order valence-electron chi connectivity index (χ3n) is 2.95. The molecule has 1 aromatic rings. The quantitative estimate of drug-likeness (QED) is 0.791. The highest BCUT2D eigenvalue weighted by Crippen LogP contribution is 2.16. The smallest absolute Gasteiger partial charge is 0.224 e. The molecule has 6 nitrogen and oxygen atoms in total. The molecule has 7 heteroatoms. The summed E-state index contributed by atoms with van der Waals surface area (Å²) in [4.78, 5) is 10.2. The summed E-state index contributed by atoms with van der Waals surface area (Å²) in [5.41, 5.74) is 6.25. The molecule has 1 aliphatic rings. The van der Waals surface area contributed by atoms with Crippen molar-refractivity contribution >= 4 is 23.1 Å². The molecule has 0 aliphatic carbocycles. The number of likely N-dealkylation sites (N-methyl/N-ethyl adjacent to an activating group) is 1. The topological polar surface area (TPSA) is 76.3 Å². The van der Waals surface area contributed by atoms with Crippen LogP contribution >= 0.6 is 11.6 Å². The maximum atomic E-state index is 5.76. The number of anilines is 2. The zero-order chi connectivity index (χ0) is 13.0. The molecule has 0 amide bonds. The third kappa shape index (κ3) is 3.44. The zero-order valence-electron chi connectivity index (χ0n) is 10.4. The number of morpholine rings is 1. The van der Waals surface area contributed by atoms with E-state index in [0.29, 0.717) is 18.1 Å². The molecule has 1 fully saturated rings. The van der Waals surface area contributed by atoms with Gasteiger partial charge in [0.1, 0.15) is 0 Å². The van der Waals surface area contributed by atoms with Crippen LogP contribution in [0.25, 0.3) is 0 Å². The van der Waals surface area contributed by atoms with Gasteiger partial charge in [-0.3, -0.25) is 4.90 Å². The number of ether oxygens (including phenoxy) is 1. The first-order chi connectivity index (χ1) is 8.69. The van der Waals surface area contributed by atoms with Gasteiger partial charge in [0, 0.05) is 19.6 Å². The molecule has 3 N–H and O–H groups in total. The van der Waals surface area contributed by atoms with Gasteiger partial charge in [-0.25, -0.2) is 4.98 Å². The van der Waals surface area contributed by atoms with Gasteiger partial charge in [0.15, 0.2) is 5.82 Å². The largest absolute Gasteiger partial charge is 0.394 e. The summed E-state index contributed by atoms with van der Waals surface area (Å²) in [5, 5.41) is 3.34. The van der Waals surface area contributed by atoms with E-state index < -0.39 is 0 Å². The number of halogens is 1. The SMILES string of the molecule is CCN1CCOC(CNc2nc(Cl)ncc2N)C1. The Hall–Kier alpha value is -1.11. The van der Waals surface area contributed by atoms with Crippen molar-refractivity contribution in [3.63, 3.8) is 0 Å². The Balaban J connectivity index is 1.89. The molecule has 100 valence electrons. The maximum absolute atomic E-state index is 5.76. The summed E-state index contributed by atoms with van der Waals surface area (Å²) in [6.45, 7) is 6.53. The van der Waals surface area contributed by atoms with E-state index in [9.17, 15) is 0 Å². The van der Waals surface area contributed by atoms with Crippen LogP contribution < -0.4 is 11.1 Å². The molecule has 2 heterocycles. The second-order valence-corrected chi connectivity index (χ2v) is 4.55. The molecule has 2 rings (SSSR count). The Morgan fingerprint density at radius 1 is 1.67 bits per heavy atom. The van der Waals surface area contributed by atoms with E-state index in [4.69, 9.17) is 22.1 Å². The van der Waals surface area contributed by atoms with Gasteiger partial charge in [0.25, 0.3) is 0 Å². The van der Waals surface area contributed by atoms with Crippen LogP contribution in [0, 0.1) is 0 Å². The standard InChI is InChI=1S/C11H18ClN5O/c1-2-17-3-4-18-8(7-17)5-14-10-9(13)6-15-11(12)16-10/h6,8H,2-5,7,13H2,1H3,(H,14,15,16). The molecular formula is C11H18ClN5O. The molecule has 18 heavy (non-hydrogen) atoms. The average molecular weight is 272 g/mol. The monoisotopic (exact) mass is 271 g/mol. The van der Waals surface area contributed by atoms with Gasteiger partial charge in [0.2, 0.25) is 5.28 Å². The van der Waals surface area contributed by atoms with Gasteiger partial charge >= 0.3 is 0 Å². The van der Waals surface area contributed by atoms with E-state index in [1.165, 1.54) is 6.20 Å². The lowest BCUT2D eigenvalue weighted by molar-refractivity contribution is -0.0192. The molecular weight excluding hydrogens is 254 g/mol. The first-order valence-electron chi connectivity index (χ1n) is 6.05. The molecule has 0 saturated carbocycles. The van der Waals surface area contributed by atoms with Crippen molar-refractivity contribution in [2.45, 2.75) is 13.0 Å². The molecule has 1 saturated heterocycles. The minimum Gasteiger partial charge on any atom is -0.394 e. The number of nitrogens with two attached hydrogens (primary N) is 1. The number of nitrogens with one attached hydrogen (secondary N) is 1. The second-order valence-electron chi connectivity index (χ2n) is 4.21. The van der Waals surface area contributed by atoms with Crippen molar-refractivity contribution in [1.29, 1.82) is 0 Å². The minimum absolute atomic E-state index is 0.145. The van der Waals surface area contributed by atoms with Crippen molar-refractivity contribution in [3.8, 4) is 0 Å². The Labute approximate surface area is 111 Å². The summed E-state index contributed by atoms with van der Waals surface area (Å²) >= 11 is 5.73. The summed E-state index contributed by atoms with van der Waals surface area (Å²) in [6, 6.07) is 0. The van der Waals surface area contributed by atoms with E-state index in [2.05, 4.69) is 27.1 Å². The summed E-state index contributed by atoms with van der Waals surface area (Å²) in [5.74, 6) is 0.562. The molecule has 1 unspecified atom stereocenters. The molecule has 0 aromatic carbocycles. The van der Waals surface area contributed by atoms with Gasteiger partial charge in [-0.2, -0.15) is 4.98 Å². The predicted octanol–water partition coefficient (Wildman–Crippen LogP) is 0.845. The number of nitrogen functional groups attached to an aromatic ring is 1. The van der Waals surface area contributed by atoms with Crippen molar-refractivity contribution in [1.82, 2.24) is 14.9 Å². The van der Waals surface area contributed by atoms with E-state index in [-0.39, 0.29) is 11.4 Å². The van der Waals surface area contributed by atoms with Crippen LogP contribution in [0.1, 0.15) is 6.92 Å². The van der Waals surface area contributed by atoms with Crippen molar-refractivity contribution in [2.75, 3.05) is 43.8 Å². The molecule has 1 aromatic heterocycles. The Bertz CT molecular complexity index is 403. The number of rotatable bonds is 4. The lowest BCUT2D eigenvalue weighted by Crippen LogP contribution is -2.45. The Morgan fingerprint density at radius 2 is 2.50 bits per heavy atom. The number of hydrogen-bond acceptors (Lipinski definition) is 6. The fraction of sp³-hybridized carbons (Fsp3) is 0.636. The number of hydrogen-bond donors (Lipinski definition) is 2. The molecule has 1 aliphatic heterocycles. The highest BCUT2D eigenvalue weighted by molar-refractivity contribution is 6.28. The molecule has 1 atom stereocenters. The van der Waals surface area contributed by atoms with Crippen LogP contribution in [0.5, 0.6) is 0 Å². The molecule has 0 spiro atoms. The van der Waals surface area contributed by atoms with E-state index >= 15 is 0 Å². The fourth-order valence-electron chi connectivity index (χ4n) is 1.91. The van der Waals surface area contributed by atoms with Gasteiger partial charge in [-0.15, -0.1) is 0 Å². The predicted molar refractivity (Wildman–Crippen MR) is 71.8 cm³/mol. The van der Waals surface area contributed by atoms with Crippen molar-refractivity contribution in [3.05, 3.63) is 11.5 Å². The van der Waals surface area contributed by atoms with Gasteiger partial charge in [0.05, 0.1) is 24.6 Å². The summed E-state index contributed by atoms with van der Waals surface area (Å²) < 4.78 is 5.68. The van der Waals surface area contributed by atoms with Crippen LogP contribution in [0.15, 0.2) is 6.20 Å². The fourth-order valence-corrected chi connectivity index (χ4v) is 2.05. The lowest BCUT2D eigenvalue weighted by Gasteiger charge is -2.32. The van der Waals surface area contributed by atoms with Gasteiger partial charge in [-0.1, -0.05) is 6.92 Å². The molecule has 0 radical (unpaired) electrons. The normalized spacial score (nSPS) is 20.9. The Morgan fingerprint density at radius 3 is 3.28 bits per heavy atom. The van der Waals surface area contributed by atoms with E-state index in [1.807, 2.05) is 0 Å². The molecule has 0 bridgehead atoms. The van der Waals surface area contributed by atoms with Crippen LogP contribution in [-0.4, -0.2) is 53.8 Å². The van der Waals surface area contributed by atoms with E-state index in [0.717, 1.165) is 26.2 Å². The number of aromatic nitrogens is 2. The first-order valence-corrected chi connectivity index (χ1v) is 6.42. The summed E-state index contributed by atoms with van der Waals surface area (Å²) in [6.07, 6.45) is 1.64. The highest BCUT2D eigenvalue weighted by atomic mass is 35.5. The van der Waals surface area contributed by atoms with Crippen LogP contribution in [0.2, 0.25) is 5.28 Å². The van der Waals surface area contributed by atoms with Crippen molar-refractivity contribution < 1.29 is 4.74 Å². The minimum atomic E-state index is 0.145. The van der Waals surface area contributed by atoms with Gasteiger partial charge in [-0.05, 0) is 18.1 Å². The maximum Gasteiger partial charge on any atom is 0.224 e.